The van der Waals surface area contributed by atoms with E-state index in [1.807, 2.05) is 6.07 Å². The van der Waals surface area contributed by atoms with Crippen LogP contribution in [0, 0.1) is 6.92 Å². The summed E-state index contributed by atoms with van der Waals surface area (Å²) in [6.07, 6.45) is 0. The number of hydrogen-bond donors (Lipinski definition) is 1. The molecule has 9 nitrogen and oxygen atoms in total. The maximum atomic E-state index is 12.7. The average Bonchev–Trinajstić information content (AvgIpc) is 3.29. The summed E-state index contributed by atoms with van der Waals surface area (Å²) in [7, 11) is 3.18. The number of hydrogen-bond acceptors (Lipinski definition) is 7. The Balaban J connectivity index is 1.49. The van der Waals surface area contributed by atoms with Crippen molar-refractivity contribution < 1.29 is 18.8 Å². The van der Waals surface area contributed by atoms with Gasteiger partial charge in [0.2, 0.25) is 5.89 Å². The second kappa shape index (κ2) is 6.75. The lowest BCUT2D eigenvalue weighted by Gasteiger charge is -2.36. The first-order valence-electron chi connectivity index (χ1n) is 8.46. The molecule has 0 radical (unpaired) electrons. The molecule has 0 aliphatic carbocycles. The van der Waals surface area contributed by atoms with Gasteiger partial charge < -0.3 is 18.9 Å². The van der Waals surface area contributed by atoms with Crippen molar-refractivity contribution in [2.24, 2.45) is 0 Å². The van der Waals surface area contributed by atoms with Gasteiger partial charge in [0.1, 0.15) is 17.2 Å². The van der Waals surface area contributed by atoms with Gasteiger partial charge >= 0.3 is 0 Å². The molecule has 4 rings (SSSR count). The lowest BCUT2D eigenvalue weighted by Crippen LogP contribution is -2.48. The quantitative estimate of drug-likeness (QED) is 0.733. The molecule has 1 N–H and O–H groups in total. The fourth-order valence-corrected chi connectivity index (χ4v) is 3.03. The Morgan fingerprint density at radius 2 is 2.07 bits per heavy atom. The maximum absolute atomic E-state index is 12.7. The SMILES string of the molecule is COc1ccc(OC)c(-c2cc(C(=O)N3CC(c4nc(C)no4)C3)[nH]n2)c1. The average molecular weight is 369 g/mol. The summed E-state index contributed by atoms with van der Waals surface area (Å²) >= 11 is 0. The van der Waals surface area contributed by atoms with Gasteiger partial charge in [0.15, 0.2) is 5.82 Å². The van der Waals surface area contributed by atoms with Gasteiger partial charge in [-0.3, -0.25) is 9.89 Å². The highest BCUT2D eigenvalue weighted by molar-refractivity contribution is 5.94. The number of benzene rings is 1. The topological polar surface area (TPSA) is 106 Å². The molecule has 1 aromatic carbocycles. The lowest BCUT2D eigenvalue weighted by molar-refractivity contribution is 0.0563. The molecule has 3 aromatic rings. The van der Waals surface area contributed by atoms with Gasteiger partial charge in [-0.2, -0.15) is 10.1 Å². The number of ether oxygens (including phenoxy) is 2. The number of methoxy groups -OCH3 is 2. The fourth-order valence-electron chi connectivity index (χ4n) is 3.03. The minimum atomic E-state index is -0.122. The van der Waals surface area contributed by atoms with Crippen LogP contribution in [0.15, 0.2) is 28.8 Å². The third kappa shape index (κ3) is 3.12. The summed E-state index contributed by atoms with van der Waals surface area (Å²) in [6, 6.07) is 7.14. The number of H-pyrrole nitrogens is 1. The molecule has 3 heterocycles. The number of rotatable bonds is 5. The number of likely N-dealkylation sites (tertiary alicyclic amines) is 1. The van der Waals surface area contributed by atoms with Crippen molar-refractivity contribution in [2.75, 3.05) is 27.3 Å². The molecule has 0 saturated carbocycles. The highest BCUT2D eigenvalue weighted by atomic mass is 16.5. The molecule has 0 unspecified atom stereocenters. The van der Waals surface area contributed by atoms with Gasteiger partial charge in [-0.05, 0) is 31.2 Å². The van der Waals surface area contributed by atoms with Crippen molar-refractivity contribution in [3.05, 3.63) is 41.7 Å². The Morgan fingerprint density at radius 3 is 2.74 bits per heavy atom. The molecule has 1 aliphatic rings. The van der Waals surface area contributed by atoms with E-state index in [9.17, 15) is 4.79 Å². The number of aryl methyl sites for hydroxylation is 1. The summed E-state index contributed by atoms with van der Waals surface area (Å²) in [5.41, 5.74) is 1.77. The van der Waals surface area contributed by atoms with Crippen molar-refractivity contribution in [3.8, 4) is 22.8 Å². The molecule has 0 spiro atoms. The number of carbonyl (C=O) groups is 1. The first-order chi connectivity index (χ1) is 13.1. The molecule has 1 aliphatic heterocycles. The van der Waals surface area contributed by atoms with E-state index in [-0.39, 0.29) is 11.8 Å². The second-order valence-corrected chi connectivity index (χ2v) is 6.32. The van der Waals surface area contributed by atoms with Gasteiger partial charge in [0.05, 0.1) is 25.8 Å². The number of aromatic amines is 1. The lowest BCUT2D eigenvalue weighted by atomic mass is 9.99. The molecule has 0 bridgehead atoms. The van der Waals surface area contributed by atoms with Crippen LogP contribution in [-0.4, -0.2) is 58.5 Å². The van der Waals surface area contributed by atoms with Crippen molar-refractivity contribution in [2.45, 2.75) is 12.8 Å². The normalized spacial score (nSPS) is 14.1. The van der Waals surface area contributed by atoms with Gasteiger partial charge in [0.25, 0.3) is 5.91 Å². The van der Waals surface area contributed by atoms with Crippen molar-refractivity contribution >= 4 is 5.91 Å². The van der Waals surface area contributed by atoms with Crippen LogP contribution in [0.3, 0.4) is 0 Å². The summed E-state index contributed by atoms with van der Waals surface area (Å²) in [4.78, 5) is 18.6. The standard InChI is InChI=1S/C18H19N5O4/c1-10-19-17(27-22-10)11-8-23(9-11)18(24)15-7-14(20-21-15)13-6-12(25-2)4-5-16(13)26-3/h4-7,11H,8-9H2,1-3H3,(H,20,21). The molecule has 0 atom stereocenters. The molecule has 9 heteroatoms. The smallest absolute Gasteiger partial charge is 0.271 e. The minimum Gasteiger partial charge on any atom is -0.497 e. The van der Waals surface area contributed by atoms with Crippen molar-refractivity contribution in [1.82, 2.24) is 25.2 Å². The highest BCUT2D eigenvalue weighted by Crippen LogP contribution is 2.33. The van der Waals surface area contributed by atoms with Gasteiger partial charge in [-0.15, -0.1) is 0 Å². The molecule has 140 valence electrons. The van der Waals surface area contributed by atoms with Gasteiger partial charge in [-0.25, -0.2) is 0 Å². The van der Waals surface area contributed by atoms with E-state index in [0.717, 1.165) is 5.56 Å². The Hall–Kier alpha value is -3.36. The number of nitrogens with zero attached hydrogens (tertiary/aromatic N) is 4. The molecular formula is C18H19N5O4. The summed E-state index contributed by atoms with van der Waals surface area (Å²) in [5.74, 6) is 2.46. The zero-order valence-corrected chi connectivity index (χ0v) is 15.2. The Kier molecular flexibility index (Phi) is 4.27. The predicted octanol–water partition coefficient (Wildman–Crippen LogP) is 2.02. The van der Waals surface area contributed by atoms with Gasteiger partial charge in [-0.1, -0.05) is 5.16 Å². The van der Waals surface area contributed by atoms with Gasteiger partial charge in [0, 0.05) is 18.7 Å². The largest absolute Gasteiger partial charge is 0.497 e. The Labute approximate surface area is 155 Å². The van der Waals surface area contributed by atoms with Crippen LogP contribution in [0.2, 0.25) is 0 Å². The van der Waals surface area contributed by atoms with E-state index in [2.05, 4.69) is 20.3 Å². The van der Waals surface area contributed by atoms with E-state index >= 15 is 0 Å². The third-order valence-corrected chi connectivity index (χ3v) is 4.55. The highest BCUT2D eigenvalue weighted by Gasteiger charge is 2.36. The third-order valence-electron chi connectivity index (χ3n) is 4.55. The first-order valence-corrected chi connectivity index (χ1v) is 8.46. The van der Waals surface area contributed by atoms with Crippen LogP contribution in [0.1, 0.15) is 28.1 Å². The van der Waals surface area contributed by atoms with E-state index in [0.29, 0.717) is 47.7 Å². The minimum absolute atomic E-state index is 0.0796. The monoisotopic (exact) mass is 369 g/mol. The van der Waals surface area contributed by atoms with Crippen molar-refractivity contribution in [1.29, 1.82) is 0 Å². The van der Waals surface area contributed by atoms with E-state index < -0.39 is 0 Å². The first kappa shape index (κ1) is 17.1. The van der Waals surface area contributed by atoms with E-state index in [4.69, 9.17) is 14.0 Å². The van der Waals surface area contributed by atoms with Crippen LogP contribution < -0.4 is 9.47 Å². The van der Waals surface area contributed by atoms with Crippen LogP contribution in [0.4, 0.5) is 0 Å². The van der Waals surface area contributed by atoms with Crippen LogP contribution >= 0.6 is 0 Å². The summed E-state index contributed by atoms with van der Waals surface area (Å²) in [5, 5.41) is 10.9. The fraction of sp³-hybridized carbons (Fsp3) is 0.333. The molecule has 2 aromatic heterocycles. The summed E-state index contributed by atoms with van der Waals surface area (Å²) < 4.78 is 15.8. The Morgan fingerprint density at radius 1 is 1.26 bits per heavy atom. The molecule has 1 amide bonds. The predicted molar refractivity (Wildman–Crippen MR) is 94.8 cm³/mol. The second-order valence-electron chi connectivity index (χ2n) is 6.32. The van der Waals surface area contributed by atoms with E-state index in [1.165, 1.54) is 0 Å². The van der Waals surface area contributed by atoms with Crippen LogP contribution in [0.5, 0.6) is 11.5 Å². The van der Waals surface area contributed by atoms with Crippen LogP contribution in [-0.2, 0) is 0 Å². The number of carbonyl (C=O) groups excluding carboxylic acids is 1. The number of aromatic nitrogens is 4. The van der Waals surface area contributed by atoms with Crippen molar-refractivity contribution in [3.63, 3.8) is 0 Å². The Bertz CT molecular complexity index is 974. The van der Waals surface area contributed by atoms with Crippen LogP contribution in [0.25, 0.3) is 11.3 Å². The maximum Gasteiger partial charge on any atom is 0.271 e. The molecule has 1 saturated heterocycles. The molecule has 1 fully saturated rings. The zero-order valence-electron chi connectivity index (χ0n) is 15.2. The number of nitrogens with one attached hydrogen (secondary N) is 1. The van der Waals surface area contributed by atoms with E-state index in [1.54, 1.807) is 44.2 Å². The zero-order chi connectivity index (χ0) is 19.0. The summed E-state index contributed by atoms with van der Waals surface area (Å²) in [6.45, 7) is 2.85. The molecule has 27 heavy (non-hydrogen) atoms. The molecular weight excluding hydrogens is 350 g/mol. The number of amides is 1.